The van der Waals surface area contributed by atoms with E-state index in [0.29, 0.717) is 11.1 Å². The number of nitrogens with zero attached hydrogens (tertiary/aromatic N) is 1. The maximum Gasteiger partial charge on any atom is 0.574 e. The summed E-state index contributed by atoms with van der Waals surface area (Å²) in [6.07, 6.45) is -4.05. The van der Waals surface area contributed by atoms with Gasteiger partial charge in [-0.3, -0.25) is 4.79 Å². The molecule has 0 atom stereocenters. The van der Waals surface area contributed by atoms with Gasteiger partial charge in [-0.15, -0.1) is 13.2 Å². The Morgan fingerprint density at radius 2 is 2.05 bits per heavy atom. The Morgan fingerprint density at radius 1 is 1.40 bits per heavy atom. The average molecular weight is 292 g/mol. The standard InChI is InChI=1S/C12H15F3N2O3/c1-3-19-10(18)4-8-9(5-16)7(2)6-17-11(8)20-12(13,14)15/h6H,3-5,16H2,1-2H3. The summed E-state index contributed by atoms with van der Waals surface area (Å²) in [6, 6.07) is 0. The van der Waals surface area contributed by atoms with E-state index < -0.39 is 18.2 Å². The first-order valence-corrected chi connectivity index (χ1v) is 5.87. The molecule has 0 aliphatic heterocycles. The molecule has 5 nitrogen and oxygen atoms in total. The molecule has 20 heavy (non-hydrogen) atoms. The van der Waals surface area contributed by atoms with E-state index in [-0.39, 0.29) is 25.1 Å². The number of aromatic nitrogens is 1. The molecule has 0 spiro atoms. The molecule has 0 aliphatic rings. The van der Waals surface area contributed by atoms with Crippen LogP contribution in [0.4, 0.5) is 13.2 Å². The van der Waals surface area contributed by atoms with E-state index in [1.54, 1.807) is 13.8 Å². The highest BCUT2D eigenvalue weighted by Crippen LogP contribution is 2.28. The van der Waals surface area contributed by atoms with E-state index >= 15 is 0 Å². The largest absolute Gasteiger partial charge is 0.574 e. The van der Waals surface area contributed by atoms with Gasteiger partial charge in [0.05, 0.1) is 13.0 Å². The Labute approximate surface area is 113 Å². The number of nitrogens with two attached hydrogens (primary N) is 1. The highest BCUT2D eigenvalue weighted by molar-refractivity contribution is 5.74. The third kappa shape index (κ3) is 4.37. The fourth-order valence-corrected chi connectivity index (χ4v) is 1.70. The van der Waals surface area contributed by atoms with Gasteiger partial charge in [0.2, 0.25) is 5.88 Å². The Morgan fingerprint density at radius 3 is 2.55 bits per heavy atom. The number of pyridine rings is 1. The van der Waals surface area contributed by atoms with Crippen molar-refractivity contribution in [3.63, 3.8) is 0 Å². The van der Waals surface area contributed by atoms with Gasteiger partial charge in [-0.1, -0.05) is 0 Å². The molecule has 1 aromatic rings. The van der Waals surface area contributed by atoms with Crippen molar-refractivity contribution in [2.45, 2.75) is 33.2 Å². The highest BCUT2D eigenvalue weighted by atomic mass is 19.4. The number of hydrogen-bond donors (Lipinski definition) is 1. The third-order valence-electron chi connectivity index (χ3n) is 2.52. The number of esters is 1. The number of carbonyl (C=O) groups excluding carboxylic acids is 1. The van der Waals surface area contributed by atoms with Gasteiger partial charge in [0.15, 0.2) is 0 Å². The van der Waals surface area contributed by atoms with Crippen LogP contribution < -0.4 is 10.5 Å². The minimum atomic E-state index is -4.89. The molecule has 0 unspecified atom stereocenters. The molecular weight excluding hydrogens is 277 g/mol. The van der Waals surface area contributed by atoms with E-state index in [1.807, 2.05) is 0 Å². The first-order valence-electron chi connectivity index (χ1n) is 5.87. The zero-order chi connectivity index (χ0) is 15.3. The quantitative estimate of drug-likeness (QED) is 0.838. The molecular formula is C12H15F3N2O3. The predicted octanol–water partition coefficient (Wildman–Crippen LogP) is 1.85. The lowest BCUT2D eigenvalue weighted by atomic mass is 10.0. The molecule has 0 amide bonds. The number of alkyl halides is 3. The fourth-order valence-electron chi connectivity index (χ4n) is 1.70. The van der Waals surface area contributed by atoms with Crippen LogP contribution >= 0.6 is 0 Å². The second kappa shape index (κ2) is 6.56. The molecule has 0 radical (unpaired) electrons. The Kier molecular flexibility index (Phi) is 5.32. The number of hydrogen-bond acceptors (Lipinski definition) is 5. The van der Waals surface area contributed by atoms with Crippen molar-refractivity contribution in [2.75, 3.05) is 6.61 Å². The number of halogens is 3. The second-order valence-electron chi connectivity index (χ2n) is 3.94. The summed E-state index contributed by atoms with van der Waals surface area (Å²) in [7, 11) is 0. The summed E-state index contributed by atoms with van der Waals surface area (Å²) in [5.41, 5.74) is 6.50. The van der Waals surface area contributed by atoms with Gasteiger partial charge >= 0.3 is 12.3 Å². The summed E-state index contributed by atoms with van der Waals surface area (Å²) in [6.45, 7) is 3.34. The lowest BCUT2D eigenvalue weighted by Gasteiger charge is -2.16. The molecule has 0 aliphatic carbocycles. The maximum atomic E-state index is 12.3. The SMILES string of the molecule is CCOC(=O)Cc1c(OC(F)(F)F)ncc(C)c1CN. The first-order chi connectivity index (χ1) is 9.28. The van der Waals surface area contributed by atoms with Gasteiger partial charge < -0.3 is 15.2 Å². The Balaban J connectivity index is 3.19. The molecule has 8 heteroatoms. The number of aryl methyl sites for hydroxylation is 1. The van der Waals surface area contributed by atoms with Crippen LogP contribution in [0.2, 0.25) is 0 Å². The van der Waals surface area contributed by atoms with E-state index in [4.69, 9.17) is 10.5 Å². The molecule has 2 N–H and O–H groups in total. The maximum absolute atomic E-state index is 12.3. The van der Waals surface area contributed by atoms with Crippen LogP contribution in [0.5, 0.6) is 5.88 Å². The second-order valence-corrected chi connectivity index (χ2v) is 3.94. The summed E-state index contributed by atoms with van der Waals surface area (Å²) in [5.74, 6) is -1.33. The Hall–Kier alpha value is -1.83. The number of ether oxygens (including phenoxy) is 2. The van der Waals surface area contributed by atoms with Gasteiger partial charge in [0.25, 0.3) is 0 Å². The highest BCUT2D eigenvalue weighted by Gasteiger charge is 2.34. The molecule has 112 valence electrons. The summed E-state index contributed by atoms with van der Waals surface area (Å²) < 4.78 is 45.6. The molecule has 1 heterocycles. The van der Waals surface area contributed by atoms with Crippen molar-refractivity contribution in [3.05, 3.63) is 22.9 Å². The van der Waals surface area contributed by atoms with E-state index in [0.717, 1.165) is 0 Å². The van der Waals surface area contributed by atoms with Crippen LogP contribution in [0.25, 0.3) is 0 Å². The minimum absolute atomic E-state index is 0.00303. The van der Waals surface area contributed by atoms with Crippen molar-refractivity contribution in [1.29, 1.82) is 0 Å². The van der Waals surface area contributed by atoms with Crippen LogP contribution in [0.15, 0.2) is 6.20 Å². The molecule has 0 fully saturated rings. The van der Waals surface area contributed by atoms with Crippen LogP contribution in [0.3, 0.4) is 0 Å². The molecule has 0 saturated carbocycles. The normalized spacial score (nSPS) is 11.3. The van der Waals surface area contributed by atoms with E-state index in [1.165, 1.54) is 6.20 Å². The van der Waals surface area contributed by atoms with Crippen molar-refractivity contribution >= 4 is 5.97 Å². The van der Waals surface area contributed by atoms with Gasteiger partial charge in [-0.05, 0) is 25.0 Å². The van der Waals surface area contributed by atoms with Crippen LogP contribution in [0.1, 0.15) is 23.6 Å². The summed E-state index contributed by atoms with van der Waals surface area (Å²) in [4.78, 5) is 15.1. The molecule has 0 bridgehead atoms. The fraction of sp³-hybridized carbons (Fsp3) is 0.500. The lowest BCUT2D eigenvalue weighted by Crippen LogP contribution is -2.21. The summed E-state index contributed by atoms with van der Waals surface area (Å²) in [5, 5.41) is 0. The van der Waals surface area contributed by atoms with Crippen molar-refractivity contribution in [3.8, 4) is 5.88 Å². The van der Waals surface area contributed by atoms with Crippen LogP contribution in [0, 0.1) is 6.92 Å². The lowest BCUT2D eigenvalue weighted by molar-refractivity contribution is -0.276. The number of carbonyl (C=O) groups is 1. The van der Waals surface area contributed by atoms with E-state index in [9.17, 15) is 18.0 Å². The zero-order valence-corrected chi connectivity index (χ0v) is 11.1. The number of rotatable bonds is 5. The van der Waals surface area contributed by atoms with Crippen LogP contribution in [-0.4, -0.2) is 23.9 Å². The average Bonchev–Trinajstić information content (AvgIpc) is 2.32. The zero-order valence-electron chi connectivity index (χ0n) is 11.1. The van der Waals surface area contributed by atoms with E-state index in [2.05, 4.69) is 9.72 Å². The monoisotopic (exact) mass is 292 g/mol. The predicted molar refractivity (Wildman–Crippen MR) is 63.9 cm³/mol. The van der Waals surface area contributed by atoms with Crippen molar-refractivity contribution in [2.24, 2.45) is 5.73 Å². The van der Waals surface area contributed by atoms with Crippen LogP contribution in [-0.2, 0) is 22.5 Å². The smallest absolute Gasteiger partial charge is 0.466 e. The van der Waals surface area contributed by atoms with Gasteiger partial charge in [0, 0.05) is 18.3 Å². The van der Waals surface area contributed by atoms with Gasteiger partial charge in [-0.25, -0.2) is 4.98 Å². The third-order valence-corrected chi connectivity index (χ3v) is 2.52. The van der Waals surface area contributed by atoms with Crippen molar-refractivity contribution < 1.29 is 27.4 Å². The molecule has 0 saturated heterocycles. The molecule has 0 aromatic carbocycles. The minimum Gasteiger partial charge on any atom is -0.466 e. The van der Waals surface area contributed by atoms with Gasteiger partial charge in [-0.2, -0.15) is 0 Å². The Bertz CT molecular complexity index is 490. The van der Waals surface area contributed by atoms with Crippen molar-refractivity contribution in [1.82, 2.24) is 4.98 Å². The summed E-state index contributed by atoms with van der Waals surface area (Å²) >= 11 is 0. The molecule has 1 rings (SSSR count). The molecule has 1 aromatic heterocycles. The van der Waals surface area contributed by atoms with Gasteiger partial charge in [0.1, 0.15) is 0 Å². The first kappa shape index (κ1) is 16.2. The topological polar surface area (TPSA) is 74.4 Å².